The molecule has 0 saturated heterocycles. The van der Waals surface area contributed by atoms with E-state index in [1.807, 2.05) is 20.2 Å². The number of unbranched alkanes of at least 4 members (excludes halogenated alkanes) is 16. The van der Waals surface area contributed by atoms with E-state index in [0.717, 1.165) is 19.4 Å². The van der Waals surface area contributed by atoms with E-state index in [2.05, 4.69) is 13.5 Å². The number of hydrogen-bond acceptors (Lipinski definition) is 1. The molecule has 0 aromatic rings. The third kappa shape index (κ3) is 17.2. The summed E-state index contributed by atoms with van der Waals surface area (Å²) in [6.45, 7) is 6.76. The van der Waals surface area contributed by atoms with Gasteiger partial charge in [0, 0.05) is 0 Å². The molecule has 0 aliphatic carbocycles. The average Bonchev–Trinajstić information content (AvgIpc) is 2.64. The van der Waals surface area contributed by atoms with Gasteiger partial charge in [0.05, 0.1) is 20.5 Å². The van der Waals surface area contributed by atoms with Crippen molar-refractivity contribution in [2.24, 2.45) is 0 Å². The highest BCUT2D eigenvalue weighted by molar-refractivity contribution is 5.68. The summed E-state index contributed by atoms with van der Waals surface area (Å²) in [6, 6.07) is 0. The Morgan fingerprint density at radius 1 is 0.667 bits per heavy atom. The van der Waals surface area contributed by atoms with Gasteiger partial charge in [0.1, 0.15) is 6.54 Å². The molecule has 0 unspecified atom stereocenters. The zero-order chi connectivity index (χ0) is 20.2. The fourth-order valence-electron chi connectivity index (χ4n) is 3.73. The van der Waals surface area contributed by atoms with Crippen LogP contribution < -0.4 is 0 Å². The van der Waals surface area contributed by atoms with Gasteiger partial charge in [-0.3, -0.25) is 4.48 Å². The molecule has 0 aromatic heterocycles. The molecule has 1 amide bonds. The first-order valence-corrected chi connectivity index (χ1v) is 12.0. The summed E-state index contributed by atoms with van der Waals surface area (Å²) < 4.78 is 0.447. The molecular weight excluding hydrogens is 330 g/mol. The van der Waals surface area contributed by atoms with Crippen LogP contribution in [0.15, 0.2) is 12.7 Å². The highest BCUT2D eigenvalue weighted by Crippen LogP contribution is 2.15. The van der Waals surface area contributed by atoms with Gasteiger partial charge in [0.15, 0.2) is 0 Å². The Balaban J connectivity index is 3.23. The number of likely N-dealkylation sites (N-methyl/N-ethyl adjacent to an activating group) is 1. The lowest BCUT2D eigenvalue weighted by molar-refractivity contribution is -0.807. The van der Waals surface area contributed by atoms with E-state index < -0.39 is 0 Å². The van der Waals surface area contributed by atoms with Gasteiger partial charge in [-0.1, -0.05) is 116 Å². The maximum atomic E-state index is 12.1. The van der Waals surface area contributed by atoms with Crippen LogP contribution in [0, 0.1) is 0 Å². The molecule has 27 heavy (non-hydrogen) atoms. The average molecular weight is 381 g/mol. The Kier molecular flexibility index (Phi) is 18.3. The van der Waals surface area contributed by atoms with Gasteiger partial charge in [-0.05, 0) is 12.5 Å². The van der Waals surface area contributed by atoms with Gasteiger partial charge >= 0.3 is 5.91 Å². The molecule has 0 bridgehead atoms. The molecule has 0 aromatic carbocycles. The second-order valence-electron chi connectivity index (χ2n) is 8.96. The fraction of sp³-hybridized carbons (Fsp3) is 0.880. The Labute approximate surface area is 171 Å². The predicted molar refractivity (Wildman–Crippen MR) is 121 cm³/mol. The normalized spacial score (nSPS) is 11.7. The molecule has 160 valence electrons. The molecule has 0 atom stereocenters. The van der Waals surface area contributed by atoms with Gasteiger partial charge in [0.25, 0.3) is 0 Å². The van der Waals surface area contributed by atoms with Crippen LogP contribution in [0.5, 0.6) is 0 Å². The molecule has 0 aliphatic rings. The Morgan fingerprint density at radius 3 is 1.33 bits per heavy atom. The Hall–Kier alpha value is -0.630. The highest BCUT2D eigenvalue weighted by Gasteiger charge is 2.23. The van der Waals surface area contributed by atoms with E-state index in [1.54, 1.807) is 0 Å². The van der Waals surface area contributed by atoms with Gasteiger partial charge in [-0.15, -0.1) is 0 Å². The Morgan fingerprint density at radius 2 is 1.00 bits per heavy atom. The molecule has 0 spiro atoms. The van der Waals surface area contributed by atoms with Crippen LogP contribution in [0.4, 0.5) is 0 Å². The minimum Gasteiger partial charge on any atom is -0.262 e. The monoisotopic (exact) mass is 380 g/mol. The summed E-state index contributed by atoms with van der Waals surface area (Å²) in [5.74, 6) is 0.343. The molecule has 0 heterocycles. The van der Waals surface area contributed by atoms with Crippen molar-refractivity contribution in [2.75, 3.05) is 20.6 Å². The van der Waals surface area contributed by atoms with E-state index in [1.165, 1.54) is 103 Å². The van der Waals surface area contributed by atoms with Crippen molar-refractivity contribution in [1.82, 2.24) is 0 Å². The maximum absolute atomic E-state index is 12.1. The van der Waals surface area contributed by atoms with Crippen LogP contribution in [-0.2, 0) is 4.79 Å². The lowest BCUT2D eigenvalue weighted by Crippen LogP contribution is -2.45. The molecule has 0 rings (SSSR count). The van der Waals surface area contributed by atoms with E-state index in [4.69, 9.17) is 0 Å². The summed E-state index contributed by atoms with van der Waals surface area (Å²) in [5.41, 5.74) is 0. The van der Waals surface area contributed by atoms with Crippen LogP contribution in [0.1, 0.15) is 122 Å². The van der Waals surface area contributed by atoms with E-state index in [-0.39, 0.29) is 0 Å². The smallest absolute Gasteiger partial charge is 0.262 e. The summed E-state index contributed by atoms with van der Waals surface area (Å²) in [5, 5.41) is 0. The van der Waals surface area contributed by atoms with Crippen molar-refractivity contribution in [3.8, 4) is 0 Å². The summed E-state index contributed by atoms with van der Waals surface area (Å²) >= 11 is 0. The summed E-state index contributed by atoms with van der Waals surface area (Å²) in [7, 11) is 3.97. The third-order valence-electron chi connectivity index (χ3n) is 5.75. The zero-order valence-corrected chi connectivity index (χ0v) is 19.1. The van der Waals surface area contributed by atoms with Crippen LogP contribution in [-0.4, -0.2) is 31.0 Å². The lowest BCUT2D eigenvalue weighted by atomic mass is 10.0. The largest absolute Gasteiger partial charge is 0.313 e. The van der Waals surface area contributed by atoms with Crippen molar-refractivity contribution < 1.29 is 9.28 Å². The van der Waals surface area contributed by atoms with Crippen LogP contribution >= 0.6 is 0 Å². The quantitative estimate of drug-likeness (QED) is 0.119. The minimum absolute atomic E-state index is 0.343. The molecule has 2 nitrogen and oxygen atoms in total. The topological polar surface area (TPSA) is 17.1 Å². The number of nitrogens with zero attached hydrogens (tertiary/aromatic N) is 1. The predicted octanol–water partition coefficient (Wildman–Crippen LogP) is 7.82. The molecule has 0 aliphatic heterocycles. The van der Waals surface area contributed by atoms with Gasteiger partial charge in [-0.2, -0.15) is 0 Å². The second kappa shape index (κ2) is 18.7. The highest BCUT2D eigenvalue weighted by atomic mass is 16.2. The van der Waals surface area contributed by atoms with Gasteiger partial charge in [0.2, 0.25) is 0 Å². The fourth-order valence-corrected chi connectivity index (χ4v) is 3.73. The van der Waals surface area contributed by atoms with Crippen LogP contribution in [0.3, 0.4) is 0 Å². The molecule has 0 saturated carbocycles. The second-order valence-corrected chi connectivity index (χ2v) is 8.96. The van der Waals surface area contributed by atoms with E-state index >= 15 is 0 Å². The first-order chi connectivity index (χ1) is 13.0. The number of hydrogen-bond donors (Lipinski definition) is 0. The van der Waals surface area contributed by atoms with Gasteiger partial charge < -0.3 is 0 Å². The lowest BCUT2D eigenvalue weighted by Gasteiger charge is -2.25. The number of carbonyl (C=O) groups is 1. The first kappa shape index (κ1) is 26.4. The minimum atomic E-state index is 0.343. The molecule has 0 fully saturated rings. The van der Waals surface area contributed by atoms with Crippen molar-refractivity contribution in [2.45, 2.75) is 122 Å². The Bertz CT molecular complexity index is 348. The number of quaternary nitrogens is 1. The third-order valence-corrected chi connectivity index (χ3v) is 5.75. The first-order valence-electron chi connectivity index (χ1n) is 12.0. The molecule has 2 heteroatoms. The molecule has 0 N–H and O–H groups in total. The standard InChI is InChI=1S/C25H50NO/c1-5-7-8-9-10-11-12-13-14-15-16-17-18-19-20-21-22-23-25(27)26(3,4)24-6-2/h6H,2,5,7-24H2,1,3-4H3/q+1. The van der Waals surface area contributed by atoms with Crippen molar-refractivity contribution in [3.05, 3.63) is 12.7 Å². The van der Waals surface area contributed by atoms with Gasteiger partial charge in [-0.25, -0.2) is 4.79 Å². The van der Waals surface area contributed by atoms with E-state index in [0.29, 0.717) is 10.4 Å². The van der Waals surface area contributed by atoms with Crippen LogP contribution in [0.2, 0.25) is 0 Å². The number of rotatable bonds is 20. The number of carbonyl (C=O) groups excluding carboxylic acids is 1. The van der Waals surface area contributed by atoms with E-state index in [9.17, 15) is 4.79 Å². The summed E-state index contributed by atoms with van der Waals surface area (Å²) in [4.78, 5) is 12.1. The van der Waals surface area contributed by atoms with Crippen molar-refractivity contribution in [3.63, 3.8) is 0 Å². The molecule has 0 radical (unpaired) electrons. The molecular formula is C25H50NO+. The van der Waals surface area contributed by atoms with Crippen LogP contribution in [0.25, 0.3) is 0 Å². The zero-order valence-electron chi connectivity index (χ0n) is 19.1. The SMILES string of the molecule is C=CC[N+](C)(C)C(=O)CCCCCCCCCCCCCCCCCCC. The van der Waals surface area contributed by atoms with Crippen molar-refractivity contribution >= 4 is 5.91 Å². The summed E-state index contributed by atoms with van der Waals surface area (Å²) in [6.07, 6.45) is 26.0. The van der Waals surface area contributed by atoms with Crippen molar-refractivity contribution in [1.29, 1.82) is 0 Å². The number of amides is 1. The maximum Gasteiger partial charge on any atom is 0.313 e.